The van der Waals surface area contributed by atoms with E-state index in [2.05, 4.69) is 15.2 Å². The van der Waals surface area contributed by atoms with Gasteiger partial charge in [-0.2, -0.15) is 5.10 Å². The summed E-state index contributed by atoms with van der Waals surface area (Å²) in [4.78, 5) is 27.6. The summed E-state index contributed by atoms with van der Waals surface area (Å²) in [5, 5.41) is 5.90. The molecule has 2 heterocycles. The average molecular weight is 327 g/mol. The summed E-state index contributed by atoms with van der Waals surface area (Å²) in [5.74, 6) is 0.308. The molecule has 0 saturated carbocycles. The third kappa shape index (κ3) is 3.32. The van der Waals surface area contributed by atoms with Crippen molar-refractivity contribution in [3.05, 3.63) is 54.5 Å². The van der Waals surface area contributed by atoms with Gasteiger partial charge in [-0.1, -0.05) is 0 Å². The van der Waals surface area contributed by atoms with E-state index in [-0.39, 0.29) is 18.0 Å². The number of carbonyl (C=O) groups is 2. The zero-order chi connectivity index (χ0) is 16.9. The van der Waals surface area contributed by atoms with E-state index in [1.54, 1.807) is 37.4 Å². The zero-order valence-electron chi connectivity index (χ0n) is 12.7. The Balaban J connectivity index is 1.70. The number of furan rings is 1. The highest BCUT2D eigenvalue weighted by molar-refractivity contribution is 6.43. The van der Waals surface area contributed by atoms with Crippen molar-refractivity contribution in [2.24, 2.45) is 0 Å². The molecule has 0 aliphatic carbocycles. The van der Waals surface area contributed by atoms with Gasteiger partial charge in [0.25, 0.3) is 5.78 Å². The van der Waals surface area contributed by atoms with Crippen LogP contribution in [0, 0.1) is 0 Å². The summed E-state index contributed by atoms with van der Waals surface area (Å²) in [5.41, 5.74) is 0. The Labute approximate surface area is 136 Å². The van der Waals surface area contributed by atoms with E-state index in [0.717, 1.165) is 6.33 Å². The van der Waals surface area contributed by atoms with Crippen LogP contribution in [0.2, 0.25) is 0 Å². The van der Waals surface area contributed by atoms with Crippen LogP contribution in [0.15, 0.2) is 47.3 Å². The first-order chi connectivity index (χ1) is 11.7. The summed E-state index contributed by atoms with van der Waals surface area (Å²) in [6.45, 7) is 0. The number of Topliss-reactive ketones (excluding diaryl/α,β-unsaturated/α-hetero) is 2. The van der Waals surface area contributed by atoms with Gasteiger partial charge < -0.3 is 13.9 Å². The lowest BCUT2D eigenvalue weighted by Crippen LogP contribution is -2.18. The van der Waals surface area contributed by atoms with Gasteiger partial charge in [-0.25, -0.2) is 4.98 Å². The number of nitrogens with zero attached hydrogens (tertiary/aromatic N) is 2. The van der Waals surface area contributed by atoms with Crippen molar-refractivity contribution in [2.75, 3.05) is 7.11 Å². The molecule has 1 aromatic carbocycles. The Kier molecular flexibility index (Phi) is 4.37. The van der Waals surface area contributed by atoms with E-state index in [4.69, 9.17) is 13.9 Å². The van der Waals surface area contributed by atoms with Crippen LogP contribution in [-0.2, 0) is 11.2 Å². The maximum absolute atomic E-state index is 12.0. The van der Waals surface area contributed by atoms with Gasteiger partial charge in [-0.05, 0) is 24.3 Å². The monoisotopic (exact) mass is 327 g/mol. The molecule has 3 aromatic rings. The molecule has 0 atom stereocenters. The lowest BCUT2D eigenvalue weighted by molar-refractivity contribution is -0.114. The second-order valence-electron chi connectivity index (χ2n) is 4.75. The number of ketones is 2. The fourth-order valence-corrected chi connectivity index (χ4v) is 1.99. The Morgan fingerprint density at radius 1 is 1.17 bits per heavy atom. The number of hydrogen-bond acceptors (Lipinski definition) is 7. The van der Waals surface area contributed by atoms with Crippen molar-refractivity contribution in [3.63, 3.8) is 0 Å². The Bertz CT molecular complexity index is 837. The molecule has 0 bridgehead atoms. The molecule has 0 spiro atoms. The maximum Gasteiger partial charge on any atom is 0.265 e. The number of ether oxygens (including phenoxy) is 2. The van der Waals surface area contributed by atoms with Gasteiger partial charge in [0, 0.05) is 6.07 Å². The number of hydrogen-bond donors (Lipinski definition) is 1. The molecule has 0 aliphatic heterocycles. The van der Waals surface area contributed by atoms with Crippen LogP contribution >= 0.6 is 0 Å². The second-order valence-corrected chi connectivity index (χ2v) is 4.75. The van der Waals surface area contributed by atoms with Crippen molar-refractivity contribution in [3.8, 4) is 17.2 Å². The predicted molar refractivity (Wildman–Crippen MR) is 81.2 cm³/mol. The minimum absolute atomic E-state index is 0.107. The lowest BCUT2D eigenvalue weighted by atomic mass is 10.1. The van der Waals surface area contributed by atoms with Crippen LogP contribution in [0.4, 0.5) is 0 Å². The number of aromatic amines is 1. The topological polar surface area (TPSA) is 107 Å². The molecule has 3 rings (SSSR count). The van der Waals surface area contributed by atoms with Crippen LogP contribution in [0.3, 0.4) is 0 Å². The summed E-state index contributed by atoms with van der Waals surface area (Å²) in [7, 11) is 1.57. The SMILES string of the molecule is COc1ccc(Oc2ccoc2CC(=O)C(=O)c2ncn[nH]2)cc1. The van der Waals surface area contributed by atoms with Gasteiger partial charge in [-0.15, -0.1) is 0 Å². The van der Waals surface area contributed by atoms with Gasteiger partial charge in [0.15, 0.2) is 17.3 Å². The third-order valence-corrected chi connectivity index (χ3v) is 3.20. The van der Waals surface area contributed by atoms with Crippen molar-refractivity contribution in [2.45, 2.75) is 6.42 Å². The number of methoxy groups -OCH3 is 1. The molecular formula is C16H13N3O5. The van der Waals surface area contributed by atoms with Gasteiger partial charge in [0.05, 0.1) is 19.8 Å². The van der Waals surface area contributed by atoms with Gasteiger partial charge in [0.1, 0.15) is 17.8 Å². The minimum Gasteiger partial charge on any atom is -0.497 e. The molecule has 2 aromatic heterocycles. The maximum atomic E-state index is 12.0. The molecular weight excluding hydrogens is 314 g/mol. The molecule has 0 fully saturated rings. The van der Waals surface area contributed by atoms with E-state index in [1.165, 1.54) is 6.26 Å². The number of aromatic nitrogens is 3. The Hall–Kier alpha value is -3.42. The highest BCUT2D eigenvalue weighted by Crippen LogP contribution is 2.28. The predicted octanol–water partition coefficient (Wildman–Crippen LogP) is 2.19. The Morgan fingerprint density at radius 2 is 1.92 bits per heavy atom. The molecule has 8 nitrogen and oxygen atoms in total. The summed E-state index contributed by atoms with van der Waals surface area (Å²) >= 11 is 0. The highest BCUT2D eigenvalue weighted by atomic mass is 16.5. The van der Waals surface area contributed by atoms with Crippen LogP contribution in [-0.4, -0.2) is 33.9 Å². The van der Waals surface area contributed by atoms with Gasteiger partial charge >= 0.3 is 0 Å². The normalized spacial score (nSPS) is 10.4. The first-order valence-corrected chi connectivity index (χ1v) is 6.98. The first-order valence-electron chi connectivity index (χ1n) is 6.98. The lowest BCUT2D eigenvalue weighted by Gasteiger charge is -2.06. The molecule has 0 unspecified atom stereocenters. The fourth-order valence-electron chi connectivity index (χ4n) is 1.99. The molecule has 0 saturated heterocycles. The standard InChI is InChI=1S/C16H13N3O5/c1-22-10-2-4-11(5-3-10)24-13-6-7-23-14(13)8-12(20)15(21)16-17-9-18-19-16/h2-7,9H,8H2,1H3,(H,17,18,19). The third-order valence-electron chi connectivity index (χ3n) is 3.20. The van der Waals surface area contributed by atoms with Crippen LogP contribution in [0.1, 0.15) is 16.4 Å². The molecule has 8 heteroatoms. The summed E-state index contributed by atoms with van der Waals surface area (Å²) in [6.07, 6.45) is 2.31. The molecule has 0 amide bonds. The Morgan fingerprint density at radius 3 is 2.58 bits per heavy atom. The zero-order valence-corrected chi connectivity index (χ0v) is 12.7. The second kappa shape index (κ2) is 6.78. The largest absolute Gasteiger partial charge is 0.497 e. The molecule has 122 valence electrons. The van der Waals surface area contributed by atoms with Crippen molar-refractivity contribution < 1.29 is 23.5 Å². The van der Waals surface area contributed by atoms with Crippen LogP contribution in [0.5, 0.6) is 17.2 Å². The van der Waals surface area contributed by atoms with Crippen LogP contribution in [0.25, 0.3) is 0 Å². The highest BCUT2D eigenvalue weighted by Gasteiger charge is 2.22. The number of H-pyrrole nitrogens is 1. The molecule has 24 heavy (non-hydrogen) atoms. The number of benzene rings is 1. The van der Waals surface area contributed by atoms with E-state index in [1.807, 2.05) is 0 Å². The number of nitrogens with one attached hydrogen (secondary N) is 1. The van der Waals surface area contributed by atoms with Gasteiger partial charge in [0.2, 0.25) is 5.78 Å². The summed E-state index contributed by atoms with van der Waals surface area (Å²) < 4.78 is 16.0. The van der Waals surface area contributed by atoms with E-state index in [0.29, 0.717) is 17.2 Å². The van der Waals surface area contributed by atoms with Crippen molar-refractivity contribution >= 4 is 11.6 Å². The molecule has 1 N–H and O–H groups in total. The fraction of sp³-hybridized carbons (Fsp3) is 0.125. The molecule has 0 radical (unpaired) electrons. The van der Waals surface area contributed by atoms with Crippen molar-refractivity contribution in [1.82, 2.24) is 15.2 Å². The van der Waals surface area contributed by atoms with E-state index in [9.17, 15) is 9.59 Å². The van der Waals surface area contributed by atoms with E-state index < -0.39 is 11.6 Å². The average Bonchev–Trinajstić information content (AvgIpc) is 3.27. The number of rotatable bonds is 7. The first kappa shape index (κ1) is 15.5. The number of carbonyl (C=O) groups excluding carboxylic acids is 2. The quantitative estimate of drug-likeness (QED) is 0.523. The summed E-state index contributed by atoms with van der Waals surface area (Å²) in [6, 6.07) is 8.50. The van der Waals surface area contributed by atoms with Gasteiger partial charge in [-0.3, -0.25) is 14.7 Å². The minimum atomic E-state index is -0.765. The van der Waals surface area contributed by atoms with Crippen LogP contribution < -0.4 is 9.47 Å². The van der Waals surface area contributed by atoms with E-state index >= 15 is 0 Å². The smallest absolute Gasteiger partial charge is 0.265 e. The molecule has 0 aliphatic rings. The van der Waals surface area contributed by atoms with Crippen molar-refractivity contribution in [1.29, 1.82) is 0 Å².